The van der Waals surface area contributed by atoms with Crippen molar-refractivity contribution in [3.63, 3.8) is 0 Å². The normalized spacial score (nSPS) is 24.4. The van der Waals surface area contributed by atoms with Crippen LogP contribution in [0.25, 0.3) is 6.08 Å². The molecular weight excluding hydrogens is 491 g/mol. The molecule has 2 aromatic rings. The van der Waals surface area contributed by atoms with Crippen LogP contribution in [-0.2, 0) is 16.1 Å². The van der Waals surface area contributed by atoms with Crippen molar-refractivity contribution >= 4 is 45.2 Å². The second kappa shape index (κ2) is 9.57. The zero-order valence-corrected chi connectivity index (χ0v) is 17.9. The summed E-state index contributed by atoms with van der Waals surface area (Å²) < 4.78 is 12.2. The smallest absolute Gasteiger partial charge is 0.330 e. The van der Waals surface area contributed by atoms with Crippen molar-refractivity contribution in [2.45, 2.75) is 31.1 Å². The number of nitrogens with one attached hydrogen (secondary N) is 1. The van der Waals surface area contributed by atoms with E-state index in [1.807, 2.05) is 0 Å². The largest absolute Gasteiger partial charge is 0.387 e. The summed E-state index contributed by atoms with van der Waals surface area (Å²) in [7, 11) is 0. The maximum atomic E-state index is 12.1. The van der Waals surface area contributed by atoms with E-state index in [9.17, 15) is 19.8 Å². The van der Waals surface area contributed by atoms with Crippen LogP contribution in [0.1, 0.15) is 17.4 Å². The number of aliphatic hydroxyl groups is 2. The van der Waals surface area contributed by atoms with Crippen LogP contribution in [0.2, 0.25) is 10.0 Å². The van der Waals surface area contributed by atoms with Crippen molar-refractivity contribution in [2.24, 2.45) is 0 Å². The second-order valence-corrected chi connectivity index (χ2v) is 7.71. The Hall–Kier alpha value is -1.46. The number of halogens is 3. The molecule has 1 aromatic carbocycles. The van der Waals surface area contributed by atoms with Gasteiger partial charge in [0.05, 0.1) is 18.8 Å². The molecule has 3 N–H and O–H groups in total. The maximum absolute atomic E-state index is 12.1. The molecule has 0 saturated carbocycles. The Labute approximate surface area is 183 Å². The highest BCUT2D eigenvalue weighted by atomic mass is 79.9. The van der Waals surface area contributed by atoms with E-state index < -0.39 is 35.8 Å². The Morgan fingerprint density at radius 2 is 2.03 bits per heavy atom. The number of nitrogens with zero attached hydrogens (tertiary/aromatic N) is 1. The molecule has 11 heteroatoms. The fraction of sp³-hybridized carbons (Fsp3) is 0.333. The van der Waals surface area contributed by atoms with E-state index in [4.69, 9.17) is 32.7 Å². The molecule has 1 fully saturated rings. The number of hydrogen-bond acceptors (Lipinski definition) is 6. The fourth-order valence-electron chi connectivity index (χ4n) is 2.90. The standard InChI is InChI=1S/C18H17BrCl2N2O6/c19-4-3-9-6-23(18(27)22-16(9)26)17-15(25)14(24)13(29-17)8-28-7-10-1-2-11(20)5-12(10)21/h1-6,13-15,17,24-25H,7-8H2,(H,22,26,27)/b4-3+/t13-,14-,15+,17-/m1/s1. The Bertz CT molecular complexity index is 1020. The number of aromatic amines is 1. The van der Waals surface area contributed by atoms with Crippen molar-refractivity contribution < 1.29 is 19.7 Å². The number of aromatic nitrogens is 2. The van der Waals surface area contributed by atoms with E-state index in [0.717, 1.165) is 4.57 Å². The van der Waals surface area contributed by atoms with Crippen molar-refractivity contribution in [3.05, 3.63) is 71.4 Å². The Balaban J connectivity index is 1.71. The molecule has 1 aliphatic heterocycles. The zero-order valence-electron chi connectivity index (χ0n) is 14.8. The first-order valence-corrected chi connectivity index (χ1v) is 10.1. The summed E-state index contributed by atoms with van der Waals surface area (Å²) in [6.45, 7) is 0.0854. The van der Waals surface area contributed by atoms with Crippen LogP contribution in [0.5, 0.6) is 0 Å². The summed E-state index contributed by atoms with van der Waals surface area (Å²) in [6.07, 6.45) is -2.10. The number of H-pyrrole nitrogens is 1. The van der Waals surface area contributed by atoms with Crippen LogP contribution in [0, 0.1) is 0 Å². The van der Waals surface area contributed by atoms with E-state index in [1.165, 1.54) is 17.3 Å². The van der Waals surface area contributed by atoms with E-state index in [1.54, 1.807) is 18.2 Å². The van der Waals surface area contributed by atoms with Gasteiger partial charge in [0.15, 0.2) is 6.23 Å². The summed E-state index contributed by atoms with van der Waals surface area (Å²) >= 11 is 15.0. The van der Waals surface area contributed by atoms with Crippen LogP contribution in [0.4, 0.5) is 0 Å². The Kier molecular flexibility index (Phi) is 7.33. The lowest BCUT2D eigenvalue weighted by Crippen LogP contribution is -2.38. The molecule has 0 radical (unpaired) electrons. The summed E-state index contributed by atoms with van der Waals surface area (Å²) in [5.74, 6) is 0. The van der Waals surface area contributed by atoms with E-state index in [-0.39, 0.29) is 18.8 Å². The van der Waals surface area contributed by atoms with Gasteiger partial charge in [0.2, 0.25) is 0 Å². The molecular formula is C18H17BrCl2N2O6. The number of benzene rings is 1. The van der Waals surface area contributed by atoms with Crippen LogP contribution in [0.3, 0.4) is 0 Å². The monoisotopic (exact) mass is 506 g/mol. The van der Waals surface area contributed by atoms with Gasteiger partial charge in [-0.25, -0.2) is 4.79 Å². The van der Waals surface area contributed by atoms with Crippen LogP contribution in [0.15, 0.2) is 39.0 Å². The molecule has 8 nitrogen and oxygen atoms in total. The van der Waals surface area contributed by atoms with Gasteiger partial charge >= 0.3 is 5.69 Å². The van der Waals surface area contributed by atoms with E-state index >= 15 is 0 Å². The van der Waals surface area contributed by atoms with Gasteiger partial charge in [0, 0.05) is 16.2 Å². The predicted molar refractivity (Wildman–Crippen MR) is 111 cm³/mol. The first-order chi connectivity index (χ1) is 13.8. The third-order valence-corrected chi connectivity index (χ3v) is 5.26. The first-order valence-electron chi connectivity index (χ1n) is 8.47. The topological polar surface area (TPSA) is 114 Å². The highest BCUT2D eigenvalue weighted by molar-refractivity contribution is 9.11. The number of aliphatic hydroxyl groups excluding tert-OH is 2. The molecule has 1 aromatic heterocycles. The van der Waals surface area contributed by atoms with Gasteiger partial charge in [-0.2, -0.15) is 0 Å². The summed E-state index contributed by atoms with van der Waals surface area (Å²) in [5.41, 5.74) is -0.491. The minimum absolute atomic E-state index is 0.0556. The van der Waals surface area contributed by atoms with Crippen molar-refractivity contribution in [1.29, 1.82) is 0 Å². The van der Waals surface area contributed by atoms with Crippen molar-refractivity contribution in [2.75, 3.05) is 6.61 Å². The molecule has 1 saturated heterocycles. The Morgan fingerprint density at radius 1 is 1.28 bits per heavy atom. The highest BCUT2D eigenvalue weighted by Gasteiger charge is 2.44. The summed E-state index contributed by atoms with van der Waals surface area (Å²) in [5, 5.41) is 21.6. The van der Waals surface area contributed by atoms with Gasteiger partial charge < -0.3 is 19.7 Å². The van der Waals surface area contributed by atoms with Crippen LogP contribution in [-0.4, -0.2) is 44.7 Å². The highest BCUT2D eigenvalue weighted by Crippen LogP contribution is 2.29. The average molecular weight is 508 g/mol. The van der Waals surface area contributed by atoms with Crippen molar-refractivity contribution in [3.8, 4) is 0 Å². The molecule has 3 rings (SSSR count). The molecule has 2 heterocycles. The molecule has 0 aliphatic carbocycles. The molecule has 0 spiro atoms. The van der Waals surface area contributed by atoms with E-state index in [0.29, 0.717) is 15.6 Å². The lowest BCUT2D eigenvalue weighted by Gasteiger charge is -2.17. The quantitative estimate of drug-likeness (QED) is 0.551. The first kappa shape index (κ1) is 22.2. The van der Waals surface area contributed by atoms with Gasteiger partial charge in [0.25, 0.3) is 5.56 Å². The third-order valence-electron chi connectivity index (χ3n) is 4.40. The van der Waals surface area contributed by atoms with Gasteiger partial charge in [-0.3, -0.25) is 14.3 Å². The number of rotatable bonds is 6. The Morgan fingerprint density at radius 3 is 2.72 bits per heavy atom. The molecule has 0 unspecified atom stereocenters. The third kappa shape index (κ3) is 5.00. The fourth-order valence-corrected chi connectivity index (χ4v) is 3.64. The molecule has 0 amide bonds. The predicted octanol–water partition coefficient (Wildman–Crippen LogP) is 2.04. The summed E-state index contributed by atoms with van der Waals surface area (Å²) in [6, 6.07) is 4.98. The van der Waals surface area contributed by atoms with E-state index in [2.05, 4.69) is 20.9 Å². The molecule has 156 valence electrons. The number of ether oxygens (including phenoxy) is 2. The van der Waals surface area contributed by atoms with Crippen LogP contribution < -0.4 is 11.2 Å². The minimum Gasteiger partial charge on any atom is -0.387 e. The lowest BCUT2D eigenvalue weighted by molar-refractivity contribution is -0.0711. The average Bonchev–Trinajstić information content (AvgIpc) is 2.94. The maximum Gasteiger partial charge on any atom is 0.330 e. The van der Waals surface area contributed by atoms with Gasteiger partial charge in [-0.05, 0) is 28.8 Å². The zero-order chi connectivity index (χ0) is 21.1. The van der Waals surface area contributed by atoms with Crippen LogP contribution >= 0.6 is 39.1 Å². The molecule has 4 atom stereocenters. The lowest BCUT2D eigenvalue weighted by atomic mass is 10.1. The minimum atomic E-state index is -1.40. The summed E-state index contributed by atoms with van der Waals surface area (Å²) in [4.78, 5) is 27.5. The SMILES string of the molecule is O=c1[nH]c(=O)n([C@@H]2O[C@H](COCc3ccc(Cl)cc3Cl)[C@@H](O)[C@@H]2O)cc1/C=C/Br. The molecule has 0 bridgehead atoms. The molecule has 1 aliphatic rings. The molecule has 29 heavy (non-hydrogen) atoms. The second-order valence-electron chi connectivity index (χ2n) is 6.34. The van der Waals surface area contributed by atoms with Gasteiger partial charge in [-0.1, -0.05) is 45.2 Å². The van der Waals surface area contributed by atoms with Gasteiger partial charge in [-0.15, -0.1) is 0 Å². The van der Waals surface area contributed by atoms with Crippen molar-refractivity contribution in [1.82, 2.24) is 9.55 Å². The number of hydrogen-bond donors (Lipinski definition) is 3. The van der Waals surface area contributed by atoms with Gasteiger partial charge in [0.1, 0.15) is 18.3 Å².